The van der Waals surface area contributed by atoms with E-state index in [0.29, 0.717) is 6.61 Å². The van der Waals surface area contributed by atoms with Crippen molar-refractivity contribution in [1.29, 1.82) is 0 Å². The fourth-order valence-electron chi connectivity index (χ4n) is 1.82. The average Bonchev–Trinajstić information content (AvgIpc) is 2.64. The van der Waals surface area contributed by atoms with Gasteiger partial charge in [-0.15, -0.1) is 0 Å². The molecule has 0 aromatic rings. The van der Waals surface area contributed by atoms with E-state index in [-0.39, 0.29) is 6.10 Å². The second kappa shape index (κ2) is 6.35. The molecule has 1 fully saturated rings. The number of hydrogen-bond acceptors (Lipinski definition) is 3. The summed E-state index contributed by atoms with van der Waals surface area (Å²) in [5.74, 6) is 0. The zero-order chi connectivity index (χ0) is 9.52. The van der Waals surface area contributed by atoms with Gasteiger partial charge >= 0.3 is 0 Å². The molecule has 0 aromatic carbocycles. The van der Waals surface area contributed by atoms with Gasteiger partial charge in [0, 0.05) is 26.8 Å². The summed E-state index contributed by atoms with van der Waals surface area (Å²) in [6.45, 7) is 1.59. The molecule has 0 spiro atoms. The maximum atomic E-state index is 5.26. The molecule has 0 heterocycles. The summed E-state index contributed by atoms with van der Waals surface area (Å²) < 4.78 is 10.3. The molecule has 0 bridgehead atoms. The van der Waals surface area contributed by atoms with Crippen molar-refractivity contribution in [2.24, 2.45) is 0 Å². The van der Waals surface area contributed by atoms with E-state index in [0.717, 1.165) is 12.6 Å². The van der Waals surface area contributed by atoms with E-state index in [9.17, 15) is 0 Å². The Morgan fingerprint density at radius 1 is 1.31 bits per heavy atom. The number of nitrogens with one attached hydrogen (secondary N) is 1. The van der Waals surface area contributed by atoms with E-state index in [1.54, 1.807) is 14.2 Å². The van der Waals surface area contributed by atoms with Crippen LogP contribution in [-0.4, -0.2) is 39.5 Å². The van der Waals surface area contributed by atoms with E-state index in [1.807, 2.05) is 0 Å². The SMILES string of the molecule is COCC(CNC1CCCC1)OC. The van der Waals surface area contributed by atoms with Gasteiger partial charge < -0.3 is 14.8 Å². The molecule has 1 aliphatic rings. The summed E-state index contributed by atoms with van der Waals surface area (Å²) in [6.07, 6.45) is 5.59. The van der Waals surface area contributed by atoms with Crippen LogP contribution in [0.2, 0.25) is 0 Å². The fourth-order valence-corrected chi connectivity index (χ4v) is 1.82. The fraction of sp³-hybridized carbons (Fsp3) is 1.00. The standard InChI is InChI=1S/C10H21NO2/c1-12-8-10(13-2)7-11-9-5-3-4-6-9/h9-11H,3-8H2,1-2H3. The van der Waals surface area contributed by atoms with Gasteiger partial charge in [-0.3, -0.25) is 0 Å². The first kappa shape index (κ1) is 11.0. The molecule has 0 radical (unpaired) electrons. The largest absolute Gasteiger partial charge is 0.382 e. The maximum Gasteiger partial charge on any atom is 0.0928 e. The molecule has 0 aromatic heterocycles. The van der Waals surface area contributed by atoms with Crippen molar-refractivity contribution in [2.75, 3.05) is 27.4 Å². The third kappa shape index (κ3) is 4.07. The van der Waals surface area contributed by atoms with Gasteiger partial charge in [-0.25, -0.2) is 0 Å². The minimum Gasteiger partial charge on any atom is -0.382 e. The average molecular weight is 187 g/mol. The molecule has 0 amide bonds. The lowest BCUT2D eigenvalue weighted by atomic mass is 10.2. The summed E-state index contributed by atoms with van der Waals surface area (Å²) in [4.78, 5) is 0. The first-order chi connectivity index (χ1) is 6.36. The molecular formula is C10H21NO2. The zero-order valence-corrected chi connectivity index (χ0v) is 8.71. The summed E-state index contributed by atoms with van der Waals surface area (Å²) in [5.41, 5.74) is 0. The van der Waals surface area contributed by atoms with Crippen molar-refractivity contribution in [3.05, 3.63) is 0 Å². The van der Waals surface area contributed by atoms with Crippen LogP contribution in [0.15, 0.2) is 0 Å². The number of hydrogen-bond donors (Lipinski definition) is 1. The molecule has 1 atom stereocenters. The van der Waals surface area contributed by atoms with Gasteiger partial charge in [0.15, 0.2) is 0 Å². The Bertz CT molecular complexity index is 124. The highest BCUT2D eigenvalue weighted by molar-refractivity contribution is 4.75. The molecule has 1 N–H and O–H groups in total. The Labute approximate surface area is 80.8 Å². The molecule has 0 saturated heterocycles. The van der Waals surface area contributed by atoms with Gasteiger partial charge in [0.2, 0.25) is 0 Å². The van der Waals surface area contributed by atoms with Crippen molar-refractivity contribution in [3.63, 3.8) is 0 Å². The number of methoxy groups -OCH3 is 2. The summed E-state index contributed by atoms with van der Waals surface area (Å²) in [5, 5.41) is 3.51. The Morgan fingerprint density at radius 2 is 2.00 bits per heavy atom. The minimum atomic E-state index is 0.200. The van der Waals surface area contributed by atoms with Crippen LogP contribution in [0.4, 0.5) is 0 Å². The Kier molecular flexibility index (Phi) is 5.35. The summed E-state index contributed by atoms with van der Waals surface area (Å²) in [7, 11) is 3.45. The predicted molar refractivity (Wildman–Crippen MR) is 52.9 cm³/mol. The monoisotopic (exact) mass is 187 g/mol. The van der Waals surface area contributed by atoms with Gasteiger partial charge in [0.25, 0.3) is 0 Å². The van der Waals surface area contributed by atoms with Crippen LogP contribution in [0, 0.1) is 0 Å². The van der Waals surface area contributed by atoms with Gasteiger partial charge in [-0.05, 0) is 12.8 Å². The van der Waals surface area contributed by atoms with Crippen molar-refractivity contribution < 1.29 is 9.47 Å². The molecule has 3 nitrogen and oxygen atoms in total. The second-order valence-electron chi connectivity index (χ2n) is 3.70. The summed E-state index contributed by atoms with van der Waals surface area (Å²) in [6, 6.07) is 0.717. The van der Waals surface area contributed by atoms with Gasteiger partial charge in [0.05, 0.1) is 12.7 Å². The van der Waals surface area contributed by atoms with Gasteiger partial charge in [-0.2, -0.15) is 0 Å². The molecule has 3 heteroatoms. The minimum absolute atomic E-state index is 0.200. The molecule has 1 saturated carbocycles. The molecular weight excluding hydrogens is 166 g/mol. The first-order valence-corrected chi connectivity index (χ1v) is 5.12. The Morgan fingerprint density at radius 3 is 2.54 bits per heavy atom. The van der Waals surface area contributed by atoms with Crippen LogP contribution in [-0.2, 0) is 9.47 Å². The molecule has 1 rings (SSSR count). The van der Waals surface area contributed by atoms with Gasteiger partial charge in [-0.1, -0.05) is 12.8 Å². The van der Waals surface area contributed by atoms with Crippen LogP contribution < -0.4 is 5.32 Å². The topological polar surface area (TPSA) is 30.5 Å². The van der Waals surface area contributed by atoms with Crippen molar-refractivity contribution in [1.82, 2.24) is 5.32 Å². The lowest BCUT2D eigenvalue weighted by Gasteiger charge is -2.18. The lowest BCUT2D eigenvalue weighted by molar-refractivity contribution is 0.0275. The molecule has 1 aliphatic carbocycles. The highest BCUT2D eigenvalue weighted by atomic mass is 16.5. The van der Waals surface area contributed by atoms with Crippen molar-refractivity contribution >= 4 is 0 Å². The number of ether oxygens (including phenoxy) is 2. The molecule has 1 unspecified atom stereocenters. The van der Waals surface area contributed by atoms with E-state index >= 15 is 0 Å². The van der Waals surface area contributed by atoms with E-state index in [2.05, 4.69) is 5.32 Å². The molecule has 0 aliphatic heterocycles. The highest BCUT2D eigenvalue weighted by Crippen LogP contribution is 2.17. The third-order valence-electron chi connectivity index (χ3n) is 2.68. The van der Waals surface area contributed by atoms with Crippen LogP contribution in [0.1, 0.15) is 25.7 Å². The van der Waals surface area contributed by atoms with Crippen LogP contribution in [0.5, 0.6) is 0 Å². The van der Waals surface area contributed by atoms with Crippen LogP contribution in [0.25, 0.3) is 0 Å². The smallest absolute Gasteiger partial charge is 0.0928 e. The molecule has 13 heavy (non-hydrogen) atoms. The van der Waals surface area contributed by atoms with Crippen molar-refractivity contribution in [3.8, 4) is 0 Å². The normalized spacial score (nSPS) is 20.8. The maximum absolute atomic E-state index is 5.26. The van der Waals surface area contributed by atoms with Crippen LogP contribution in [0.3, 0.4) is 0 Å². The van der Waals surface area contributed by atoms with Gasteiger partial charge in [0.1, 0.15) is 0 Å². The Balaban J connectivity index is 2.07. The quantitative estimate of drug-likeness (QED) is 0.677. The van der Waals surface area contributed by atoms with Crippen molar-refractivity contribution in [2.45, 2.75) is 37.8 Å². The summed E-state index contributed by atoms with van der Waals surface area (Å²) >= 11 is 0. The van der Waals surface area contributed by atoms with Crippen LogP contribution >= 0.6 is 0 Å². The van der Waals surface area contributed by atoms with E-state index < -0.39 is 0 Å². The Hall–Kier alpha value is -0.120. The number of rotatable bonds is 6. The lowest BCUT2D eigenvalue weighted by Crippen LogP contribution is -2.36. The second-order valence-corrected chi connectivity index (χ2v) is 3.70. The third-order valence-corrected chi connectivity index (χ3v) is 2.68. The first-order valence-electron chi connectivity index (χ1n) is 5.12. The van der Waals surface area contributed by atoms with E-state index in [1.165, 1.54) is 25.7 Å². The predicted octanol–water partition coefficient (Wildman–Crippen LogP) is 1.18. The molecule has 78 valence electrons. The highest BCUT2D eigenvalue weighted by Gasteiger charge is 2.15. The zero-order valence-electron chi connectivity index (χ0n) is 8.71. The van der Waals surface area contributed by atoms with E-state index in [4.69, 9.17) is 9.47 Å².